The van der Waals surface area contributed by atoms with E-state index in [4.69, 9.17) is 5.73 Å². The number of carbonyl (C=O) groups is 1. The van der Waals surface area contributed by atoms with Crippen molar-refractivity contribution in [3.05, 3.63) is 28.8 Å². The largest absolute Gasteiger partial charge is 0.507 e. The number of nitrogens with two attached hydrogens (primary N) is 1. The lowest BCUT2D eigenvalue weighted by Gasteiger charge is -2.47. The third-order valence-electron chi connectivity index (χ3n) is 7.78. The summed E-state index contributed by atoms with van der Waals surface area (Å²) in [6.45, 7) is 24.7. The molecule has 2 unspecified atom stereocenters. The maximum atomic E-state index is 12.9. The van der Waals surface area contributed by atoms with E-state index in [1.165, 1.54) is 0 Å². The first-order valence-electron chi connectivity index (χ1n) is 12.1. The molecule has 1 amide bonds. The summed E-state index contributed by atoms with van der Waals surface area (Å²) in [6, 6.07) is 4.04. The fourth-order valence-electron chi connectivity index (χ4n) is 5.04. The van der Waals surface area contributed by atoms with Crippen molar-refractivity contribution in [1.29, 1.82) is 0 Å². The second-order valence-electron chi connectivity index (χ2n) is 13.8. The van der Waals surface area contributed by atoms with Crippen molar-refractivity contribution in [3.8, 4) is 5.75 Å². The standard InChI is InChI=1S/C28H48N2O2/c1-24(2,3)20-14-19(15-21(22(20)31)25(4,5)6)28(11,23(29)32)13-12-18-16-27(9,10)30-17-26(18,7)8/h14-15,18,30-31H,12-13,16-17H2,1-11H3,(H2,29,32). The Kier molecular flexibility index (Phi) is 6.96. The zero-order valence-corrected chi connectivity index (χ0v) is 22.5. The summed E-state index contributed by atoms with van der Waals surface area (Å²) in [4.78, 5) is 12.9. The Bertz CT molecular complexity index is 820. The van der Waals surface area contributed by atoms with Gasteiger partial charge in [-0.2, -0.15) is 0 Å². The SMILES string of the molecule is CC1(C)CC(CCC(C)(C(N)=O)c2cc(C(C)(C)C)c(O)c(C(C)(C)C)c2)C(C)(C)CN1. The van der Waals surface area contributed by atoms with Crippen LogP contribution in [0.4, 0.5) is 0 Å². The molecule has 1 saturated heterocycles. The zero-order valence-electron chi connectivity index (χ0n) is 22.5. The second-order valence-corrected chi connectivity index (χ2v) is 13.8. The zero-order chi connectivity index (χ0) is 24.9. The van der Waals surface area contributed by atoms with Gasteiger partial charge in [0.2, 0.25) is 5.91 Å². The molecule has 0 aliphatic carbocycles. The molecule has 2 rings (SSSR count). The molecule has 1 aromatic carbocycles. The van der Waals surface area contributed by atoms with E-state index in [1.807, 2.05) is 19.1 Å². The molecule has 4 heteroatoms. The van der Waals surface area contributed by atoms with Crippen LogP contribution in [0, 0.1) is 11.3 Å². The molecule has 0 saturated carbocycles. The molecule has 1 heterocycles. The van der Waals surface area contributed by atoms with Gasteiger partial charge in [-0.25, -0.2) is 0 Å². The predicted molar refractivity (Wildman–Crippen MR) is 135 cm³/mol. The van der Waals surface area contributed by atoms with Gasteiger partial charge in [-0.05, 0) is 78.9 Å². The second kappa shape index (κ2) is 8.34. The van der Waals surface area contributed by atoms with Crippen molar-refractivity contribution in [2.75, 3.05) is 6.54 Å². The topological polar surface area (TPSA) is 75.4 Å². The van der Waals surface area contributed by atoms with Crippen molar-refractivity contribution < 1.29 is 9.90 Å². The third-order valence-corrected chi connectivity index (χ3v) is 7.78. The van der Waals surface area contributed by atoms with E-state index in [2.05, 4.69) is 74.6 Å². The number of piperidine rings is 1. The van der Waals surface area contributed by atoms with Gasteiger partial charge in [0.1, 0.15) is 5.75 Å². The van der Waals surface area contributed by atoms with Gasteiger partial charge in [0.25, 0.3) is 0 Å². The van der Waals surface area contributed by atoms with Crippen LogP contribution in [0.3, 0.4) is 0 Å². The van der Waals surface area contributed by atoms with Crippen LogP contribution in [0.2, 0.25) is 0 Å². The van der Waals surface area contributed by atoms with Crippen molar-refractivity contribution in [3.63, 3.8) is 0 Å². The summed E-state index contributed by atoms with van der Waals surface area (Å²) in [5.41, 5.74) is 7.71. The van der Waals surface area contributed by atoms with Crippen molar-refractivity contribution in [2.45, 2.75) is 117 Å². The highest BCUT2D eigenvalue weighted by molar-refractivity contribution is 5.86. The average molecular weight is 445 g/mol. The number of rotatable bonds is 5. The van der Waals surface area contributed by atoms with Gasteiger partial charge in [-0.15, -0.1) is 0 Å². The minimum atomic E-state index is -0.793. The van der Waals surface area contributed by atoms with Gasteiger partial charge in [-0.3, -0.25) is 4.79 Å². The summed E-state index contributed by atoms with van der Waals surface area (Å²) in [6.07, 6.45) is 2.71. The lowest BCUT2D eigenvalue weighted by molar-refractivity contribution is -0.123. The molecule has 1 fully saturated rings. The molecule has 0 radical (unpaired) electrons. The number of phenols is 1. The molecule has 0 bridgehead atoms. The number of benzene rings is 1. The number of aromatic hydroxyl groups is 1. The van der Waals surface area contributed by atoms with Crippen LogP contribution in [0.5, 0.6) is 5.75 Å². The normalized spacial score (nSPS) is 22.9. The first-order valence-corrected chi connectivity index (χ1v) is 12.1. The molecule has 1 aliphatic heterocycles. The van der Waals surface area contributed by atoms with Crippen molar-refractivity contribution in [2.24, 2.45) is 17.1 Å². The molecule has 4 nitrogen and oxygen atoms in total. The Morgan fingerprint density at radius 2 is 1.50 bits per heavy atom. The highest BCUT2D eigenvalue weighted by atomic mass is 16.3. The maximum absolute atomic E-state index is 12.9. The molecule has 182 valence electrons. The van der Waals surface area contributed by atoms with E-state index < -0.39 is 5.41 Å². The summed E-state index contributed by atoms with van der Waals surface area (Å²) >= 11 is 0. The number of carbonyl (C=O) groups excluding carboxylic acids is 1. The molecular weight excluding hydrogens is 396 g/mol. The van der Waals surface area contributed by atoms with E-state index in [0.717, 1.165) is 36.1 Å². The van der Waals surface area contributed by atoms with Crippen LogP contribution in [-0.4, -0.2) is 23.1 Å². The number of primary amides is 1. The Balaban J connectivity index is 2.54. The average Bonchev–Trinajstić information content (AvgIpc) is 2.60. The van der Waals surface area contributed by atoms with E-state index >= 15 is 0 Å². The maximum Gasteiger partial charge on any atom is 0.227 e. The molecule has 4 N–H and O–H groups in total. The molecule has 1 aromatic rings. The smallest absolute Gasteiger partial charge is 0.227 e. The summed E-state index contributed by atoms with van der Waals surface area (Å²) in [7, 11) is 0. The van der Waals surface area contributed by atoms with Crippen LogP contribution >= 0.6 is 0 Å². The van der Waals surface area contributed by atoms with Gasteiger partial charge in [0.15, 0.2) is 0 Å². The first-order chi connectivity index (χ1) is 14.2. The number of phenolic OH excluding ortho intramolecular Hbond substituents is 1. The van der Waals surface area contributed by atoms with Crippen LogP contribution in [-0.2, 0) is 21.0 Å². The summed E-state index contributed by atoms with van der Waals surface area (Å²) in [5, 5.41) is 14.8. The Morgan fingerprint density at radius 1 is 1.03 bits per heavy atom. The van der Waals surface area contributed by atoms with Gasteiger partial charge in [-0.1, -0.05) is 67.5 Å². The molecule has 0 spiro atoms. The minimum Gasteiger partial charge on any atom is -0.507 e. The van der Waals surface area contributed by atoms with Crippen LogP contribution in [0.1, 0.15) is 112 Å². The minimum absolute atomic E-state index is 0.0979. The van der Waals surface area contributed by atoms with E-state index in [9.17, 15) is 9.90 Å². The van der Waals surface area contributed by atoms with Gasteiger partial charge in [0.05, 0.1) is 5.41 Å². The number of nitrogens with one attached hydrogen (secondary N) is 1. The van der Waals surface area contributed by atoms with E-state index in [1.54, 1.807) is 0 Å². The van der Waals surface area contributed by atoms with Crippen LogP contribution in [0.15, 0.2) is 12.1 Å². The number of amides is 1. The van der Waals surface area contributed by atoms with Gasteiger partial charge in [0, 0.05) is 12.1 Å². The van der Waals surface area contributed by atoms with Gasteiger partial charge >= 0.3 is 0 Å². The Morgan fingerprint density at radius 3 is 1.91 bits per heavy atom. The lowest BCUT2D eigenvalue weighted by Crippen LogP contribution is -2.54. The van der Waals surface area contributed by atoms with Crippen LogP contribution in [0.25, 0.3) is 0 Å². The van der Waals surface area contributed by atoms with Crippen LogP contribution < -0.4 is 11.1 Å². The fourth-order valence-corrected chi connectivity index (χ4v) is 5.04. The fraction of sp³-hybridized carbons (Fsp3) is 0.750. The highest BCUT2D eigenvalue weighted by Crippen LogP contribution is 2.46. The molecule has 0 aromatic heterocycles. The molecule has 32 heavy (non-hydrogen) atoms. The predicted octanol–water partition coefficient (Wildman–Crippen LogP) is 5.92. The number of hydrogen-bond donors (Lipinski definition) is 3. The summed E-state index contributed by atoms with van der Waals surface area (Å²) < 4.78 is 0. The van der Waals surface area contributed by atoms with E-state index in [-0.39, 0.29) is 27.7 Å². The lowest BCUT2D eigenvalue weighted by atomic mass is 9.64. The summed E-state index contributed by atoms with van der Waals surface area (Å²) in [5.74, 6) is 0.537. The molecule has 1 aliphatic rings. The molecular formula is C28H48N2O2. The quantitative estimate of drug-likeness (QED) is 0.527. The highest BCUT2D eigenvalue weighted by Gasteiger charge is 2.42. The first kappa shape index (κ1) is 26.7. The van der Waals surface area contributed by atoms with Crippen molar-refractivity contribution in [1.82, 2.24) is 5.32 Å². The Hall–Kier alpha value is -1.55. The monoisotopic (exact) mass is 444 g/mol. The number of hydrogen-bond acceptors (Lipinski definition) is 3. The van der Waals surface area contributed by atoms with Gasteiger partial charge < -0.3 is 16.2 Å². The third kappa shape index (κ3) is 5.50. The Labute approximate surface area is 196 Å². The van der Waals surface area contributed by atoms with Crippen molar-refractivity contribution >= 4 is 5.91 Å². The van der Waals surface area contributed by atoms with E-state index in [0.29, 0.717) is 18.1 Å². The molecule has 2 atom stereocenters.